The van der Waals surface area contributed by atoms with Gasteiger partial charge in [-0.15, -0.1) is 0 Å². The third kappa shape index (κ3) is 5.76. The zero-order valence-corrected chi connectivity index (χ0v) is 19.6. The molecular formula is C25H34N2O3S. The van der Waals surface area contributed by atoms with Crippen LogP contribution in [0.1, 0.15) is 63.7 Å². The van der Waals surface area contributed by atoms with Crippen molar-refractivity contribution in [2.24, 2.45) is 5.73 Å². The quantitative estimate of drug-likeness (QED) is 0.393. The van der Waals surface area contributed by atoms with Gasteiger partial charge in [0.15, 0.2) is 0 Å². The molecule has 0 aliphatic heterocycles. The van der Waals surface area contributed by atoms with E-state index in [1.807, 2.05) is 18.2 Å². The molecule has 0 radical (unpaired) electrons. The summed E-state index contributed by atoms with van der Waals surface area (Å²) in [7, 11) is 0. The van der Waals surface area contributed by atoms with Crippen LogP contribution in [0.15, 0.2) is 47.3 Å². The first-order valence-corrected chi connectivity index (χ1v) is 11.9. The Kier molecular flexibility index (Phi) is 7.92. The Morgan fingerprint density at radius 3 is 2.55 bits per heavy atom. The van der Waals surface area contributed by atoms with E-state index in [0.717, 1.165) is 66.9 Å². The van der Waals surface area contributed by atoms with Crippen molar-refractivity contribution in [1.29, 1.82) is 0 Å². The van der Waals surface area contributed by atoms with Crippen LogP contribution >= 0.6 is 11.3 Å². The molecule has 1 heterocycles. The van der Waals surface area contributed by atoms with Gasteiger partial charge in [-0.2, -0.15) is 0 Å². The summed E-state index contributed by atoms with van der Waals surface area (Å²) in [5, 5.41) is 11.0. The molecule has 1 atom stereocenters. The number of hydrogen-bond donors (Lipinski definition) is 2. The summed E-state index contributed by atoms with van der Waals surface area (Å²) < 4.78 is 8.03. The van der Waals surface area contributed by atoms with Crippen LogP contribution in [0.2, 0.25) is 0 Å². The molecule has 168 valence electrons. The van der Waals surface area contributed by atoms with Crippen LogP contribution < -0.4 is 10.6 Å². The Morgan fingerprint density at radius 2 is 1.84 bits per heavy atom. The highest BCUT2D eigenvalue weighted by Gasteiger charge is 2.27. The molecule has 0 aliphatic carbocycles. The molecule has 0 spiro atoms. The fourth-order valence-electron chi connectivity index (χ4n) is 4.05. The monoisotopic (exact) mass is 442 g/mol. The number of fused-ring (bicyclic) bond motifs is 1. The van der Waals surface area contributed by atoms with Crippen LogP contribution in [0.5, 0.6) is 5.75 Å². The third-order valence-corrected chi connectivity index (χ3v) is 6.77. The first kappa shape index (κ1) is 23.5. The highest BCUT2D eigenvalue weighted by Crippen LogP contribution is 2.40. The lowest BCUT2D eigenvalue weighted by atomic mass is 9.79. The van der Waals surface area contributed by atoms with Crippen molar-refractivity contribution in [3.63, 3.8) is 0 Å². The van der Waals surface area contributed by atoms with E-state index in [1.165, 1.54) is 10.1 Å². The number of benzene rings is 2. The Labute approximate surface area is 188 Å². The normalized spacial score (nSPS) is 13.0. The van der Waals surface area contributed by atoms with Crippen molar-refractivity contribution in [3.05, 3.63) is 63.3 Å². The number of phenols is 1. The maximum atomic E-state index is 12.3. The Bertz CT molecular complexity index is 1040. The van der Waals surface area contributed by atoms with Gasteiger partial charge in [0.1, 0.15) is 11.3 Å². The zero-order chi connectivity index (χ0) is 22.4. The van der Waals surface area contributed by atoms with Gasteiger partial charge in [0.2, 0.25) is 0 Å². The number of hydrogen-bond acceptors (Lipinski definition) is 5. The summed E-state index contributed by atoms with van der Waals surface area (Å²) in [6.45, 7) is 7.58. The summed E-state index contributed by atoms with van der Waals surface area (Å²) in [6, 6.07) is 14.3. The topological polar surface area (TPSA) is 77.5 Å². The van der Waals surface area contributed by atoms with Gasteiger partial charge >= 0.3 is 4.87 Å². The second-order valence-electron chi connectivity index (χ2n) is 8.83. The molecule has 5 nitrogen and oxygen atoms in total. The first-order chi connectivity index (χ1) is 14.8. The van der Waals surface area contributed by atoms with Gasteiger partial charge < -0.3 is 15.6 Å². The Hall–Kier alpha value is -2.15. The van der Waals surface area contributed by atoms with E-state index in [-0.39, 0.29) is 16.0 Å². The number of ether oxygens (including phenoxy) is 1. The lowest BCUT2D eigenvalue weighted by Gasteiger charge is -2.27. The largest absolute Gasteiger partial charge is 0.505 e. The highest BCUT2D eigenvalue weighted by atomic mass is 32.1. The highest BCUT2D eigenvalue weighted by molar-refractivity contribution is 7.16. The van der Waals surface area contributed by atoms with Crippen molar-refractivity contribution in [3.8, 4) is 5.75 Å². The second kappa shape index (κ2) is 10.4. The summed E-state index contributed by atoms with van der Waals surface area (Å²) in [4.78, 5) is 12.1. The summed E-state index contributed by atoms with van der Waals surface area (Å²) in [5.41, 5.74) is 8.51. The van der Waals surface area contributed by atoms with Gasteiger partial charge in [0.25, 0.3) is 0 Å². The third-order valence-electron chi connectivity index (χ3n) is 5.85. The molecular weight excluding hydrogens is 408 g/mol. The minimum atomic E-state index is -0.479. The Morgan fingerprint density at radius 1 is 1.10 bits per heavy atom. The van der Waals surface area contributed by atoms with Crippen molar-refractivity contribution >= 4 is 21.6 Å². The van der Waals surface area contributed by atoms with Crippen LogP contribution in [0, 0.1) is 0 Å². The number of nitrogens with two attached hydrogens (primary N) is 1. The van der Waals surface area contributed by atoms with Gasteiger partial charge in [0.05, 0.1) is 17.5 Å². The molecule has 31 heavy (non-hydrogen) atoms. The molecule has 3 N–H and O–H groups in total. The number of aromatic hydroxyl groups is 1. The van der Waals surface area contributed by atoms with Crippen LogP contribution in [-0.4, -0.2) is 22.9 Å². The minimum Gasteiger partial charge on any atom is -0.505 e. The molecule has 0 aliphatic rings. The van der Waals surface area contributed by atoms with E-state index in [1.54, 1.807) is 6.92 Å². The summed E-state index contributed by atoms with van der Waals surface area (Å²) in [5.74, 6) is 0.183. The van der Waals surface area contributed by atoms with Crippen molar-refractivity contribution in [2.45, 2.75) is 64.5 Å². The molecule has 6 heteroatoms. The van der Waals surface area contributed by atoms with Gasteiger partial charge in [-0.05, 0) is 43.2 Å². The van der Waals surface area contributed by atoms with E-state index < -0.39 is 6.17 Å². The average Bonchev–Trinajstić information content (AvgIpc) is 3.08. The SMILES string of the molecule is CC(N)n1c(=O)sc2ccc(C(C)(C)CCCCCOCCc3ccccc3)c(O)c21. The van der Waals surface area contributed by atoms with E-state index in [2.05, 4.69) is 38.1 Å². The number of thiazole rings is 1. The van der Waals surface area contributed by atoms with Crippen LogP contribution in [0.25, 0.3) is 10.2 Å². The average molecular weight is 443 g/mol. The molecule has 0 amide bonds. The van der Waals surface area contributed by atoms with Crippen LogP contribution in [0.4, 0.5) is 0 Å². The van der Waals surface area contributed by atoms with Gasteiger partial charge in [0, 0.05) is 12.2 Å². The molecule has 0 saturated carbocycles. The maximum Gasteiger partial charge on any atom is 0.309 e. The second-order valence-corrected chi connectivity index (χ2v) is 9.82. The van der Waals surface area contributed by atoms with Crippen molar-refractivity contribution in [1.82, 2.24) is 4.57 Å². The lowest BCUT2D eigenvalue weighted by Crippen LogP contribution is -2.24. The van der Waals surface area contributed by atoms with E-state index in [0.29, 0.717) is 5.52 Å². The number of unbranched alkanes of at least 4 members (excludes halogenated alkanes) is 2. The number of phenolic OH excluding ortho intramolecular Hbond substituents is 1. The fraction of sp³-hybridized carbons (Fsp3) is 0.480. The lowest BCUT2D eigenvalue weighted by molar-refractivity contribution is 0.132. The van der Waals surface area contributed by atoms with Gasteiger partial charge in [-0.25, -0.2) is 0 Å². The number of aromatic nitrogens is 1. The molecule has 0 saturated heterocycles. The standard InChI is InChI=1S/C25H34N2O3S/c1-18(26)27-22-21(31-24(27)29)13-12-20(23(22)28)25(2,3)15-8-5-9-16-30-17-14-19-10-6-4-7-11-19/h4,6-7,10-13,18,28H,5,8-9,14-17,26H2,1-3H3. The van der Waals surface area contributed by atoms with Crippen LogP contribution in [0.3, 0.4) is 0 Å². The van der Waals surface area contributed by atoms with E-state index in [9.17, 15) is 9.90 Å². The minimum absolute atomic E-state index is 0.137. The molecule has 0 fully saturated rings. The fourth-order valence-corrected chi connectivity index (χ4v) is 5.02. The predicted molar refractivity (Wildman–Crippen MR) is 129 cm³/mol. The van der Waals surface area contributed by atoms with Crippen LogP contribution in [-0.2, 0) is 16.6 Å². The smallest absolute Gasteiger partial charge is 0.309 e. The molecule has 1 aromatic heterocycles. The van der Waals surface area contributed by atoms with Crippen molar-refractivity contribution in [2.75, 3.05) is 13.2 Å². The number of nitrogens with zero attached hydrogens (tertiary/aromatic N) is 1. The molecule has 3 rings (SSSR count). The maximum absolute atomic E-state index is 12.3. The van der Waals surface area contributed by atoms with Gasteiger partial charge in [-0.3, -0.25) is 9.36 Å². The number of rotatable bonds is 11. The first-order valence-electron chi connectivity index (χ1n) is 11.1. The molecule has 3 aromatic rings. The van der Waals surface area contributed by atoms with E-state index >= 15 is 0 Å². The molecule has 2 aromatic carbocycles. The summed E-state index contributed by atoms with van der Waals surface area (Å²) >= 11 is 1.12. The Balaban J connectivity index is 1.50. The molecule has 0 bridgehead atoms. The van der Waals surface area contributed by atoms with Crippen molar-refractivity contribution < 1.29 is 9.84 Å². The van der Waals surface area contributed by atoms with E-state index in [4.69, 9.17) is 10.5 Å². The van der Waals surface area contributed by atoms with Gasteiger partial charge in [-0.1, -0.05) is 74.4 Å². The zero-order valence-electron chi connectivity index (χ0n) is 18.8. The summed E-state index contributed by atoms with van der Waals surface area (Å²) in [6.07, 6.45) is 4.59. The molecule has 1 unspecified atom stereocenters. The predicted octanol–water partition coefficient (Wildman–Crippen LogP) is 5.34.